The molecule has 160 valence electrons. The summed E-state index contributed by atoms with van der Waals surface area (Å²) in [6.45, 7) is 8.14. The van der Waals surface area contributed by atoms with Crippen LogP contribution in [0.4, 0.5) is 5.82 Å². The highest BCUT2D eigenvalue weighted by Crippen LogP contribution is 2.28. The van der Waals surface area contributed by atoms with Gasteiger partial charge in [0.05, 0.1) is 33.9 Å². The van der Waals surface area contributed by atoms with Gasteiger partial charge in [0.1, 0.15) is 5.82 Å². The second kappa shape index (κ2) is 7.50. The van der Waals surface area contributed by atoms with Crippen LogP contribution in [0.25, 0.3) is 16.5 Å². The molecule has 4 rings (SSSR count). The van der Waals surface area contributed by atoms with E-state index in [1.165, 1.54) is 0 Å². The normalized spacial score (nSPS) is 12.4. The van der Waals surface area contributed by atoms with Crippen LogP contribution < -0.4 is 5.73 Å². The molecule has 0 saturated heterocycles. The molecular formula is C24H26N4O2S. The van der Waals surface area contributed by atoms with E-state index in [4.69, 9.17) is 5.73 Å². The number of nitrogen functional groups attached to an aromatic ring is 1. The first kappa shape index (κ1) is 21.1. The molecule has 0 atom stereocenters. The molecule has 2 heterocycles. The van der Waals surface area contributed by atoms with Crippen molar-refractivity contribution in [1.29, 1.82) is 0 Å². The van der Waals surface area contributed by atoms with Gasteiger partial charge in [-0.2, -0.15) is 5.10 Å². The van der Waals surface area contributed by atoms with Crippen molar-refractivity contribution in [2.45, 2.75) is 43.8 Å². The lowest BCUT2D eigenvalue weighted by molar-refractivity contribution is 0.585. The first-order valence-electron chi connectivity index (χ1n) is 10.1. The minimum atomic E-state index is -3.56. The SMILES string of the molecule is Cc1cc(CS(=O)(=O)c2ccc(C(C)(C)C)cc2)n(-c2cnc(N)c3ccccc23)n1. The number of aromatic nitrogens is 3. The van der Waals surface area contributed by atoms with Crippen molar-refractivity contribution in [2.75, 3.05) is 5.73 Å². The molecule has 2 aromatic heterocycles. The summed E-state index contributed by atoms with van der Waals surface area (Å²) in [5.41, 5.74) is 9.09. The number of anilines is 1. The average molecular weight is 435 g/mol. The summed E-state index contributed by atoms with van der Waals surface area (Å²) < 4.78 is 28.1. The Kier molecular flexibility index (Phi) is 5.09. The number of benzene rings is 2. The fourth-order valence-electron chi connectivity index (χ4n) is 3.67. The average Bonchev–Trinajstić information content (AvgIpc) is 3.07. The van der Waals surface area contributed by atoms with Crippen molar-refractivity contribution in [3.8, 4) is 5.69 Å². The van der Waals surface area contributed by atoms with Gasteiger partial charge in [-0.05, 0) is 36.1 Å². The van der Waals surface area contributed by atoms with Crippen molar-refractivity contribution in [3.05, 3.63) is 77.7 Å². The van der Waals surface area contributed by atoms with Crippen molar-refractivity contribution >= 4 is 26.4 Å². The Labute approximate surface area is 182 Å². The Balaban J connectivity index is 1.76. The topological polar surface area (TPSA) is 90.9 Å². The molecule has 0 fully saturated rings. The van der Waals surface area contributed by atoms with Crippen LogP contribution in [0.2, 0.25) is 0 Å². The van der Waals surface area contributed by atoms with Crippen LogP contribution in [0.15, 0.2) is 65.7 Å². The molecule has 6 nitrogen and oxygen atoms in total. The summed E-state index contributed by atoms with van der Waals surface area (Å²) in [5, 5.41) is 6.23. The van der Waals surface area contributed by atoms with Gasteiger partial charge >= 0.3 is 0 Å². The quantitative estimate of drug-likeness (QED) is 0.508. The van der Waals surface area contributed by atoms with Gasteiger partial charge in [-0.3, -0.25) is 0 Å². The number of nitrogens with zero attached hydrogens (tertiary/aromatic N) is 3. The maximum atomic E-state index is 13.2. The monoisotopic (exact) mass is 434 g/mol. The van der Waals surface area contributed by atoms with Gasteiger partial charge in [0, 0.05) is 10.8 Å². The Bertz CT molecular complexity index is 1370. The second-order valence-corrected chi connectivity index (χ2v) is 10.8. The third-order valence-corrected chi connectivity index (χ3v) is 7.02. The van der Waals surface area contributed by atoms with Gasteiger partial charge < -0.3 is 5.73 Å². The van der Waals surface area contributed by atoms with Gasteiger partial charge in [0.25, 0.3) is 0 Å². The first-order valence-corrected chi connectivity index (χ1v) is 11.7. The number of hydrogen-bond donors (Lipinski definition) is 1. The van der Waals surface area contributed by atoms with Crippen LogP contribution in [-0.2, 0) is 21.0 Å². The molecule has 0 unspecified atom stereocenters. The number of pyridine rings is 1. The van der Waals surface area contributed by atoms with Gasteiger partial charge in [-0.15, -0.1) is 0 Å². The second-order valence-electron chi connectivity index (χ2n) is 8.80. The Hall–Kier alpha value is -3.19. The van der Waals surface area contributed by atoms with Gasteiger partial charge in [-0.1, -0.05) is 57.2 Å². The highest BCUT2D eigenvalue weighted by Gasteiger charge is 2.22. The van der Waals surface area contributed by atoms with Gasteiger partial charge in [0.15, 0.2) is 9.84 Å². The summed E-state index contributed by atoms with van der Waals surface area (Å²) in [4.78, 5) is 4.59. The molecule has 0 bridgehead atoms. The van der Waals surface area contributed by atoms with E-state index in [0.29, 0.717) is 22.1 Å². The van der Waals surface area contributed by atoms with Crippen molar-refractivity contribution in [2.24, 2.45) is 0 Å². The van der Waals surface area contributed by atoms with E-state index >= 15 is 0 Å². The number of sulfone groups is 1. The van der Waals surface area contributed by atoms with Crippen LogP contribution in [0.5, 0.6) is 0 Å². The minimum absolute atomic E-state index is 0.0404. The third-order valence-electron chi connectivity index (χ3n) is 5.36. The molecule has 2 aromatic carbocycles. The zero-order valence-electron chi connectivity index (χ0n) is 18.1. The lowest BCUT2D eigenvalue weighted by Gasteiger charge is -2.19. The maximum absolute atomic E-state index is 13.2. The van der Waals surface area contributed by atoms with Crippen LogP contribution in [0.3, 0.4) is 0 Å². The molecule has 31 heavy (non-hydrogen) atoms. The smallest absolute Gasteiger partial charge is 0.184 e. The van der Waals surface area contributed by atoms with E-state index in [1.807, 2.05) is 43.3 Å². The maximum Gasteiger partial charge on any atom is 0.184 e. The molecule has 0 saturated carbocycles. The molecule has 2 N–H and O–H groups in total. The van der Waals surface area contributed by atoms with Gasteiger partial charge in [0.2, 0.25) is 0 Å². The highest BCUT2D eigenvalue weighted by molar-refractivity contribution is 7.90. The van der Waals surface area contributed by atoms with Gasteiger partial charge in [-0.25, -0.2) is 18.1 Å². The van der Waals surface area contributed by atoms with E-state index in [1.54, 1.807) is 29.1 Å². The lowest BCUT2D eigenvalue weighted by atomic mass is 9.87. The van der Waals surface area contributed by atoms with Crippen molar-refractivity contribution in [3.63, 3.8) is 0 Å². The fourth-order valence-corrected chi connectivity index (χ4v) is 4.99. The van der Waals surface area contributed by atoms with Crippen LogP contribution in [-0.4, -0.2) is 23.2 Å². The standard InChI is InChI=1S/C24H26N4O2S/c1-16-13-18(15-31(29,30)19-11-9-17(10-12-19)24(2,3)4)28(27-16)22-14-26-23(25)21-8-6-5-7-20(21)22/h5-14H,15H2,1-4H3,(H2,25,26). The number of hydrogen-bond acceptors (Lipinski definition) is 5. The molecule has 0 amide bonds. The first-order chi connectivity index (χ1) is 14.6. The van der Waals surface area contributed by atoms with E-state index in [9.17, 15) is 8.42 Å². The Morgan fingerprint density at radius 1 is 1.00 bits per heavy atom. The zero-order valence-corrected chi connectivity index (χ0v) is 18.9. The highest BCUT2D eigenvalue weighted by atomic mass is 32.2. The summed E-state index contributed by atoms with van der Waals surface area (Å²) in [6, 6.07) is 16.6. The summed E-state index contributed by atoms with van der Waals surface area (Å²) in [5.74, 6) is 0.262. The summed E-state index contributed by atoms with van der Waals surface area (Å²) >= 11 is 0. The Morgan fingerprint density at radius 3 is 2.29 bits per heavy atom. The molecule has 0 aliphatic carbocycles. The predicted molar refractivity (Wildman–Crippen MR) is 124 cm³/mol. The van der Waals surface area contributed by atoms with Crippen LogP contribution in [0, 0.1) is 6.92 Å². The van der Waals surface area contributed by atoms with Crippen molar-refractivity contribution < 1.29 is 8.42 Å². The van der Waals surface area contributed by atoms with E-state index in [0.717, 1.165) is 22.0 Å². The molecular weight excluding hydrogens is 408 g/mol. The molecule has 0 aliphatic heterocycles. The largest absolute Gasteiger partial charge is 0.383 e. The summed E-state index contributed by atoms with van der Waals surface area (Å²) in [6.07, 6.45) is 1.64. The zero-order chi connectivity index (χ0) is 22.4. The van der Waals surface area contributed by atoms with E-state index in [2.05, 4.69) is 30.9 Å². The molecule has 0 spiro atoms. The minimum Gasteiger partial charge on any atom is -0.383 e. The van der Waals surface area contributed by atoms with Crippen molar-refractivity contribution in [1.82, 2.24) is 14.8 Å². The number of rotatable bonds is 4. The summed E-state index contributed by atoms with van der Waals surface area (Å²) in [7, 11) is -3.56. The van der Waals surface area contributed by atoms with E-state index < -0.39 is 9.84 Å². The molecule has 0 aliphatic rings. The lowest BCUT2D eigenvalue weighted by Crippen LogP contribution is -2.13. The molecule has 7 heteroatoms. The number of fused-ring (bicyclic) bond motifs is 1. The van der Waals surface area contributed by atoms with E-state index in [-0.39, 0.29) is 11.2 Å². The number of aryl methyl sites for hydroxylation is 1. The fraction of sp³-hybridized carbons (Fsp3) is 0.250. The Morgan fingerprint density at radius 2 is 1.65 bits per heavy atom. The van der Waals surface area contributed by atoms with Crippen LogP contribution in [0.1, 0.15) is 37.7 Å². The third kappa shape index (κ3) is 4.05. The van der Waals surface area contributed by atoms with Crippen LogP contribution >= 0.6 is 0 Å². The molecule has 4 aromatic rings. The number of nitrogens with two attached hydrogens (primary N) is 1. The molecule has 0 radical (unpaired) electrons. The predicted octanol–water partition coefficient (Wildman–Crippen LogP) is 4.58.